The van der Waals surface area contributed by atoms with Crippen molar-refractivity contribution in [3.05, 3.63) is 55.7 Å². The van der Waals surface area contributed by atoms with E-state index in [0.717, 1.165) is 5.56 Å². The number of nitro groups is 1. The van der Waals surface area contributed by atoms with E-state index in [9.17, 15) is 14.9 Å². The molecule has 2 atom stereocenters. The Kier molecular flexibility index (Phi) is 5.31. The average Bonchev–Trinajstić information content (AvgIpc) is 2.81. The monoisotopic (exact) mass is 342 g/mol. The molecular formula is C14H15ClN2O4S. The van der Waals surface area contributed by atoms with E-state index in [4.69, 9.17) is 16.3 Å². The van der Waals surface area contributed by atoms with Crippen LogP contribution in [0.5, 0.6) is 0 Å². The molecule has 0 aromatic heterocycles. The molecule has 22 heavy (non-hydrogen) atoms. The van der Waals surface area contributed by atoms with Gasteiger partial charge >= 0.3 is 11.7 Å². The predicted molar refractivity (Wildman–Crippen MR) is 85.0 cm³/mol. The number of hydrogen-bond donors (Lipinski definition) is 1. The summed E-state index contributed by atoms with van der Waals surface area (Å²) in [6.45, 7) is 3.60. The first-order valence-electron chi connectivity index (χ1n) is 6.68. The van der Waals surface area contributed by atoms with Crippen LogP contribution in [0.25, 0.3) is 0 Å². The zero-order chi connectivity index (χ0) is 16.3. The highest BCUT2D eigenvalue weighted by atomic mass is 35.5. The normalized spacial score (nSPS) is 22.9. The Morgan fingerprint density at radius 1 is 1.45 bits per heavy atom. The van der Waals surface area contributed by atoms with Crippen molar-refractivity contribution in [1.29, 1.82) is 0 Å². The summed E-state index contributed by atoms with van der Waals surface area (Å²) in [5, 5.41) is 15.0. The van der Waals surface area contributed by atoms with Gasteiger partial charge in [-0.05, 0) is 31.5 Å². The van der Waals surface area contributed by atoms with Gasteiger partial charge in [0.1, 0.15) is 0 Å². The summed E-state index contributed by atoms with van der Waals surface area (Å²) in [6.07, 6.45) is 0. The van der Waals surface area contributed by atoms with E-state index in [1.165, 1.54) is 11.8 Å². The minimum atomic E-state index is -0.925. The molecule has 1 aliphatic heterocycles. The molecule has 0 aliphatic carbocycles. The average molecular weight is 343 g/mol. The number of benzene rings is 1. The second-order valence-corrected chi connectivity index (χ2v) is 6.27. The van der Waals surface area contributed by atoms with Crippen LogP contribution in [0, 0.1) is 10.1 Å². The van der Waals surface area contributed by atoms with Crippen LogP contribution in [0.15, 0.2) is 35.0 Å². The molecule has 1 aliphatic rings. The molecule has 1 aromatic carbocycles. The van der Waals surface area contributed by atoms with Gasteiger partial charge in [-0.25, -0.2) is 4.79 Å². The highest BCUT2D eigenvalue weighted by Crippen LogP contribution is 2.43. The highest BCUT2D eigenvalue weighted by Gasteiger charge is 2.38. The molecule has 0 unspecified atom stereocenters. The smallest absolute Gasteiger partial charge is 0.412 e. The molecule has 118 valence electrons. The van der Waals surface area contributed by atoms with Gasteiger partial charge in [-0.2, -0.15) is 0 Å². The zero-order valence-electron chi connectivity index (χ0n) is 12.0. The van der Waals surface area contributed by atoms with E-state index in [-0.39, 0.29) is 22.9 Å². The Morgan fingerprint density at radius 2 is 2.09 bits per heavy atom. The van der Waals surface area contributed by atoms with Gasteiger partial charge in [-0.1, -0.05) is 35.5 Å². The molecular weight excluding hydrogens is 328 g/mol. The maximum atomic E-state index is 11.8. The van der Waals surface area contributed by atoms with Crippen molar-refractivity contribution >= 4 is 29.3 Å². The Balaban J connectivity index is 2.31. The molecule has 2 rings (SSSR count). The number of carbonyl (C=O) groups excluding carboxylic acids is 1. The van der Waals surface area contributed by atoms with E-state index in [1.54, 1.807) is 19.1 Å². The Morgan fingerprint density at radius 3 is 2.64 bits per heavy atom. The van der Waals surface area contributed by atoms with Crippen molar-refractivity contribution in [3.8, 4) is 0 Å². The van der Waals surface area contributed by atoms with Crippen LogP contribution < -0.4 is 5.32 Å². The number of nitrogens with zero attached hydrogens (tertiary/aromatic N) is 1. The fourth-order valence-corrected chi connectivity index (χ4v) is 3.60. The van der Waals surface area contributed by atoms with Gasteiger partial charge in [0.15, 0.2) is 5.03 Å². The van der Waals surface area contributed by atoms with Crippen LogP contribution in [0.1, 0.15) is 24.7 Å². The molecule has 1 aromatic rings. The summed E-state index contributed by atoms with van der Waals surface area (Å²) < 4.78 is 4.76. The molecule has 8 heteroatoms. The first-order chi connectivity index (χ1) is 10.4. The number of esters is 1. The maximum Gasteiger partial charge on any atom is 0.412 e. The molecule has 0 amide bonds. The third kappa shape index (κ3) is 3.53. The van der Waals surface area contributed by atoms with Crippen LogP contribution in [-0.4, -0.2) is 23.5 Å². The topological polar surface area (TPSA) is 81.5 Å². The lowest BCUT2D eigenvalue weighted by Gasteiger charge is -2.13. The molecule has 1 N–H and O–H groups in total. The first-order valence-corrected chi connectivity index (χ1v) is 7.94. The third-order valence-electron chi connectivity index (χ3n) is 3.12. The van der Waals surface area contributed by atoms with Crippen molar-refractivity contribution in [2.45, 2.75) is 25.1 Å². The molecule has 1 fully saturated rings. The zero-order valence-corrected chi connectivity index (χ0v) is 13.6. The summed E-state index contributed by atoms with van der Waals surface area (Å²) in [5.74, 6) is -0.925. The second-order valence-electron chi connectivity index (χ2n) is 4.68. The quantitative estimate of drug-likeness (QED) is 0.392. The van der Waals surface area contributed by atoms with Gasteiger partial charge in [-0.15, -0.1) is 0 Å². The van der Waals surface area contributed by atoms with Gasteiger partial charge < -0.3 is 10.1 Å². The van der Waals surface area contributed by atoms with Crippen LogP contribution in [0.4, 0.5) is 0 Å². The van der Waals surface area contributed by atoms with Gasteiger partial charge in [0.25, 0.3) is 0 Å². The van der Waals surface area contributed by atoms with Crippen molar-refractivity contribution in [1.82, 2.24) is 5.32 Å². The van der Waals surface area contributed by atoms with Crippen LogP contribution >= 0.6 is 23.4 Å². The molecule has 1 heterocycles. The lowest BCUT2D eigenvalue weighted by molar-refractivity contribution is -0.422. The van der Waals surface area contributed by atoms with Crippen molar-refractivity contribution in [2.75, 3.05) is 6.61 Å². The lowest BCUT2D eigenvalue weighted by atomic mass is 10.1. The lowest BCUT2D eigenvalue weighted by Crippen LogP contribution is -2.25. The summed E-state index contributed by atoms with van der Waals surface area (Å²) in [6, 6.07) is 7.22. The number of rotatable bonds is 4. The van der Waals surface area contributed by atoms with E-state index < -0.39 is 16.6 Å². The third-order valence-corrected chi connectivity index (χ3v) is 4.86. The Hall–Kier alpha value is -1.73. The number of hydrogen-bond acceptors (Lipinski definition) is 6. The van der Waals surface area contributed by atoms with Gasteiger partial charge in [0.05, 0.1) is 16.8 Å². The number of ether oxygens (including phenoxy) is 1. The summed E-state index contributed by atoms with van der Waals surface area (Å²) in [7, 11) is 0. The van der Waals surface area contributed by atoms with E-state index in [0.29, 0.717) is 5.02 Å². The number of halogens is 1. The van der Waals surface area contributed by atoms with Gasteiger partial charge in [0, 0.05) is 11.1 Å². The number of nitrogens with one attached hydrogen (secondary N) is 1. The van der Waals surface area contributed by atoms with E-state index in [1.807, 2.05) is 19.1 Å². The van der Waals surface area contributed by atoms with E-state index in [2.05, 4.69) is 5.32 Å². The predicted octanol–water partition coefficient (Wildman–Crippen LogP) is 3.11. The van der Waals surface area contributed by atoms with Gasteiger partial charge in [-0.3, -0.25) is 10.1 Å². The second kappa shape index (κ2) is 7.02. The Labute approximate surface area is 137 Å². The molecule has 1 saturated heterocycles. The molecule has 0 radical (unpaired) electrons. The number of thioether (sulfide) groups is 1. The fraction of sp³-hybridized carbons (Fsp3) is 0.357. The van der Waals surface area contributed by atoms with E-state index >= 15 is 0 Å². The SMILES string of the molecule is CCOC(=O)/C(=C1/N[C@@H](C)[C@H](c2ccc(Cl)cc2)S1)[N+](=O)[O-]. The van der Waals surface area contributed by atoms with Crippen LogP contribution in [0.2, 0.25) is 5.02 Å². The van der Waals surface area contributed by atoms with Crippen molar-refractivity contribution in [2.24, 2.45) is 0 Å². The molecule has 6 nitrogen and oxygen atoms in total. The molecule has 0 saturated carbocycles. The first kappa shape index (κ1) is 16.6. The number of carbonyl (C=O) groups is 1. The maximum absolute atomic E-state index is 11.8. The minimum Gasteiger partial charge on any atom is -0.458 e. The summed E-state index contributed by atoms with van der Waals surface area (Å²) in [4.78, 5) is 22.2. The molecule has 0 spiro atoms. The summed E-state index contributed by atoms with van der Waals surface area (Å²) in [5.41, 5.74) is 0.436. The highest BCUT2D eigenvalue weighted by molar-refractivity contribution is 8.03. The van der Waals surface area contributed by atoms with Crippen LogP contribution in [0.3, 0.4) is 0 Å². The summed E-state index contributed by atoms with van der Waals surface area (Å²) >= 11 is 7.12. The largest absolute Gasteiger partial charge is 0.458 e. The fourth-order valence-electron chi connectivity index (χ4n) is 2.13. The minimum absolute atomic E-state index is 0.0448. The standard InChI is InChI=1S/C14H15ClN2O4S/c1-3-21-14(18)11(17(19)20)13-16-8(2)12(22-13)9-4-6-10(15)7-5-9/h4-8,12,16H,3H2,1-2H3/b13-11+/t8-,12+/m0/s1. The van der Waals surface area contributed by atoms with Crippen molar-refractivity contribution < 1.29 is 14.5 Å². The molecule has 0 bridgehead atoms. The Bertz CT molecular complexity index is 618. The van der Waals surface area contributed by atoms with Gasteiger partial charge in [0.2, 0.25) is 0 Å². The van der Waals surface area contributed by atoms with Crippen molar-refractivity contribution in [3.63, 3.8) is 0 Å². The van der Waals surface area contributed by atoms with Crippen LogP contribution in [-0.2, 0) is 9.53 Å².